The number of unbranched alkanes of at least 4 members (excludes halogenated alkanes) is 1. The Hall–Kier alpha value is -1.47. The Morgan fingerprint density at radius 2 is 2.13 bits per heavy atom. The maximum Gasteiger partial charge on any atom is 0.263 e. The van der Waals surface area contributed by atoms with Gasteiger partial charge in [0, 0.05) is 11.4 Å². The topological polar surface area (TPSA) is 55.1 Å². The molecule has 3 heterocycles. The molecule has 0 aromatic carbocycles. The van der Waals surface area contributed by atoms with E-state index >= 15 is 0 Å². The van der Waals surface area contributed by atoms with Crippen molar-refractivity contribution in [1.29, 1.82) is 0 Å². The van der Waals surface area contributed by atoms with Crippen LogP contribution in [0.3, 0.4) is 0 Å². The lowest BCUT2D eigenvalue weighted by Gasteiger charge is -2.08. The largest absolute Gasteiger partial charge is 0.276 e. The fourth-order valence-electron chi connectivity index (χ4n) is 3.50. The summed E-state index contributed by atoms with van der Waals surface area (Å²) in [6.07, 6.45) is 7.73. The van der Waals surface area contributed by atoms with Crippen molar-refractivity contribution in [3.05, 3.63) is 25.6 Å². The number of hydrogen-bond donors (Lipinski definition) is 1. The number of aryl methyl sites for hydroxylation is 3. The molecule has 0 saturated carbocycles. The van der Waals surface area contributed by atoms with E-state index in [1.807, 2.05) is 4.40 Å². The standard InChI is InChI=1S/C16H20N4OS2/c1-2-3-9-19-13(21)12-10-7-5-4-6-8-11(10)23-14(12)20-15(19)17-18-16(20)22/h2-9H2,1H3,(H,18,22). The normalized spacial score (nSPS) is 15.2. The number of hydrogen-bond acceptors (Lipinski definition) is 4. The van der Waals surface area contributed by atoms with Gasteiger partial charge >= 0.3 is 0 Å². The van der Waals surface area contributed by atoms with Crippen molar-refractivity contribution in [1.82, 2.24) is 19.2 Å². The van der Waals surface area contributed by atoms with Crippen LogP contribution in [-0.4, -0.2) is 19.2 Å². The Morgan fingerprint density at radius 1 is 1.30 bits per heavy atom. The monoisotopic (exact) mass is 348 g/mol. The van der Waals surface area contributed by atoms with E-state index in [0.29, 0.717) is 17.1 Å². The highest BCUT2D eigenvalue weighted by Crippen LogP contribution is 2.34. The number of rotatable bonds is 3. The van der Waals surface area contributed by atoms with E-state index in [2.05, 4.69) is 17.1 Å². The quantitative estimate of drug-likeness (QED) is 0.578. The summed E-state index contributed by atoms with van der Waals surface area (Å²) in [5.74, 6) is 0.650. The van der Waals surface area contributed by atoms with Gasteiger partial charge in [0.25, 0.3) is 5.56 Å². The molecule has 7 heteroatoms. The van der Waals surface area contributed by atoms with Crippen LogP contribution >= 0.6 is 23.6 Å². The Morgan fingerprint density at radius 3 is 2.96 bits per heavy atom. The van der Waals surface area contributed by atoms with E-state index in [-0.39, 0.29) is 5.56 Å². The third-order valence-electron chi connectivity index (χ3n) is 4.70. The maximum atomic E-state index is 13.2. The number of nitrogens with one attached hydrogen (secondary N) is 1. The third-order valence-corrected chi connectivity index (χ3v) is 6.25. The summed E-state index contributed by atoms with van der Waals surface area (Å²) in [6, 6.07) is 0. The van der Waals surface area contributed by atoms with Gasteiger partial charge in [0.2, 0.25) is 10.5 Å². The van der Waals surface area contributed by atoms with Crippen LogP contribution in [0, 0.1) is 4.77 Å². The SMILES string of the molecule is CCCCn1c(=O)c2c3c(sc2n2c(=S)[nH]nc12)CCCCC3. The second-order valence-corrected chi connectivity index (χ2v) is 7.69. The molecule has 0 aliphatic heterocycles. The van der Waals surface area contributed by atoms with E-state index in [1.54, 1.807) is 15.9 Å². The van der Waals surface area contributed by atoms with Crippen molar-refractivity contribution in [2.75, 3.05) is 0 Å². The van der Waals surface area contributed by atoms with Crippen LogP contribution in [0.4, 0.5) is 0 Å². The van der Waals surface area contributed by atoms with E-state index in [0.717, 1.165) is 35.9 Å². The molecule has 4 rings (SSSR count). The fraction of sp³-hybridized carbons (Fsp3) is 0.562. The summed E-state index contributed by atoms with van der Waals surface area (Å²) < 4.78 is 4.34. The Balaban J connectivity index is 2.12. The molecule has 0 unspecified atom stereocenters. The van der Waals surface area contributed by atoms with E-state index in [1.165, 1.54) is 29.7 Å². The molecule has 122 valence electrons. The lowest BCUT2D eigenvalue weighted by molar-refractivity contribution is 0.621. The van der Waals surface area contributed by atoms with Gasteiger partial charge in [0.1, 0.15) is 4.83 Å². The first-order valence-corrected chi connectivity index (χ1v) is 9.59. The zero-order chi connectivity index (χ0) is 16.0. The van der Waals surface area contributed by atoms with Crippen molar-refractivity contribution in [2.45, 2.75) is 58.4 Å². The first kappa shape index (κ1) is 15.1. The highest BCUT2D eigenvalue weighted by Gasteiger charge is 2.22. The average molecular weight is 348 g/mol. The van der Waals surface area contributed by atoms with Gasteiger partial charge in [0.15, 0.2) is 0 Å². The van der Waals surface area contributed by atoms with Crippen LogP contribution in [-0.2, 0) is 19.4 Å². The van der Waals surface area contributed by atoms with Gasteiger partial charge in [-0.15, -0.1) is 16.4 Å². The minimum Gasteiger partial charge on any atom is -0.276 e. The Kier molecular flexibility index (Phi) is 3.85. The second-order valence-electron chi connectivity index (χ2n) is 6.22. The fourth-order valence-corrected chi connectivity index (χ4v) is 5.16. The molecule has 1 aliphatic carbocycles. The maximum absolute atomic E-state index is 13.2. The molecule has 0 bridgehead atoms. The number of aromatic nitrogens is 4. The summed E-state index contributed by atoms with van der Waals surface area (Å²) in [5.41, 5.74) is 1.37. The van der Waals surface area contributed by atoms with Crippen molar-refractivity contribution >= 4 is 39.5 Å². The van der Waals surface area contributed by atoms with Gasteiger partial charge in [-0.05, 0) is 49.9 Å². The molecule has 1 N–H and O–H groups in total. The lowest BCUT2D eigenvalue weighted by atomic mass is 10.1. The molecule has 0 radical (unpaired) electrons. The van der Waals surface area contributed by atoms with Crippen molar-refractivity contribution in [3.8, 4) is 0 Å². The summed E-state index contributed by atoms with van der Waals surface area (Å²) in [4.78, 5) is 15.5. The number of nitrogens with zero attached hydrogens (tertiary/aromatic N) is 3. The van der Waals surface area contributed by atoms with Gasteiger partial charge in [0.05, 0.1) is 5.39 Å². The molecule has 0 atom stereocenters. The van der Waals surface area contributed by atoms with Crippen LogP contribution < -0.4 is 5.56 Å². The molecule has 23 heavy (non-hydrogen) atoms. The number of fused-ring (bicyclic) bond motifs is 5. The third kappa shape index (κ3) is 2.29. The first-order valence-electron chi connectivity index (χ1n) is 8.36. The van der Waals surface area contributed by atoms with Gasteiger partial charge in [-0.1, -0.05) is 19.8 Å². The summed E-state index contributed by atoms with van der Waals surface area (Å²) in [6.45, 7) is 2.83. The van der Waals surface area contributed by atoms with Gasteiger partial charge < -0.3 is 0 Å². The molecular weight excluding hydrogens is 328 g/mol. The van der Waals surface area contributed by atoms with Crippen LogP contribution in [0.2, 0.25) is 0 Å². The highest BCUT2D eigenvalue weighted by atomic mass is 32.1. The van der Waals surface area contributed by atoms with E-state index < -0.39 is 0 Å². The molecule has 0 spiro atoms. The minimum atomic E-state index is 0.106. The van der Waals surface area contributed by atoms with E-state index in [9.17, 15) is 4.79 Å². The molecular formula is C16H20N4OS2. The van der Waals surface area contributed by atoms with Crippen LogP contribution in [0.1, 0.15) is 49.5 Å². The average Bonchev–Trinajstić information content (AvgIpc) is 3.00. The van der Waals surface area contributed by atoms with Crippen molar-refractivity contribution in [2.24, 2.45) is 0 Å². The van der Waals surface area contributed by atoms with E-state index in [4.69, 9.17) is 12.2 Å². The summed E-state index contributed by atoms with van der Waals surface area (Å²) >= 11 is 7.16. The zero-order valence-corrected chi connectivity index (χ0v) is 14.9. The molecule has 3 aromatic rings. The number of H-pyrrole nitrogens is 1. The predicted octanol–water partition coefficient (Wildman–Crippen LogP) is 3.84. The Labute approximate surface area is 143 Å². The number of aromatic amines is 1. The molecule has 0 saturated heterocycles. The highest BCUT2D eigenvalue weighted by molar-refractivity contribution is 7.71. The molecule has 5 nitrogen and oxygen atoms in total. The lowest BCUT2D eigenvalue weighted by Crippen LogP contribution is -2.23. The van der Waals surface area contributed by atoms with Crippen molar-refractivity contribution < 1.29 is 0 Å². The summed E-state index contributed by atoms with van der Waals surface area (Å²) in [5, 5.41) is 8.07. The van der Waals surface area contributed by atoms with Gasteiger partial charge in [-0.3, -0.25) is 9.36 Å². The van der Waals surface area contributed by atoms with Gasteiger partial charge in [-0.25, -0.2) is 9.50 Å². The summed E-state index contributed by atoms with van der Waals surface area (Å²) in [7, 11) is 0. The van der Waals surface area contributed by atoms with Crippen LogP contribution in [0.25, 0.3) is 16.0 Å². The van der Waals surface area contributed by atoms with Crippen LogP contribution in [0.15, 0.2) is 4.79 Å². The van der Waals surface area contributed by atoms with Crippen LogP contribution in [0.5, 0.6) is 0 Å². The first-order chi connectivity index (χ1) is 11.2. The van der Waals surface area contributed by atoms with Gasteiger partial charge in [-0.2, -0.15) is 0 Å². The Bertz CT molecular complexity index is 991. The molecule has 3 aromatic heterocycles. The molecule has 0 amide bonds. The smallest absolute Gasteiger partial charge is 0.263 e. The van der Waals surface area contributed by atoms with Crippen molar-refractivity contribution in [3.63, 3.8) is 0 Å². The molecule has 0 fully saturated rings. The second kappa shape index (κ2) is 5.87. The number of thiophene rings is 1. The zero-order valence-electron chi connectivity index (χ0n) is 13.2. The minimum absolute atomic E-state index is 0.106. The predicted molar refractivity (Wildman–Crippen MR) is 96.2 cm³/mol. The molecule has 1 aliphatic rings.